The summed E-state index contributed by atoms with van der Waals surface area (Å²) in [6, 6.07) is -1.02. The monoisotopic (exact) mass is 1130 g/mol. The van der Waals surface area contributed by atoms with Crippen LogP contribution in [0.25, 0.3) is 0 Å². The number of carbonyl (C=O) groups is 2. The highest BCUT2D eigenvalue weighted by Gasteiger charge is 2.47. The molecule has 0 radical (unpaired) electrons. The molecule has 1 saturated heterocycles. The van der Waals surface area contributed by atoms with Crippen LogP contribution in [-0.4, -0.2) is 99.6 Å². The van der Waals surface area contributed by atoms with Crippen LogP contribution in [-0.2, 0) is 23.8 Å². The van der Waals surface area contributed by atoms with E-state index in [-0.39, 0.29) is 19.4 Å². The van der Waals surface area contributed by atoms with Crippen LogP contribution in [0.3, 0.4) is 0 Å². The summed E-state index contributed by atoms with van der Waals surface area (Å²) in [7, 11) is 0. The molecule has 1 aliphatic heterocycles. The highest BCUT2D eigenvalue weighted by atomic mass is 16.7. The minimum Gasteiger partial charge on any atom is -0.454 e. The number of carbonyl (C=O) groups excluding carboxylic acids is 2. The van der Waals surface area contributed by atoms with Crippen molar-refractivity contribution in [3.8, 4) is 0 Å². The number of ether oxygens (including phenoxy) is 3. The number of nitrogens with one attached hydrogen (secondary N) is 1. The van der Waals surface area contributed by atoms with E-state index < -0.39 is 67.4 Å². The third-order valence-corrected chi connectivity index (χ3v) is 16.0. The van der Waals surface area contributed by atoms with Crippen LogP contribution in [0.5, 0.6) is 0 Å². The lowest BCUT2D eigenvalue weighted by molar-refractivity contribution is -0.305. The molecule has 1 fully saturated rings. The second-order valence-corrected chi connectivity index (χ2v) is 23.6. The number of hydrogen-bond acceptors (Lipinski definition) is 10. The Hall–Kier alpha value is -2.38. The standard InChI is InChI=1S/C69H127NO10/c1-4-7-10-13-16-19-22-25-27-28-29-30-31-32-33-34-35-36-38-41-44-47-50-53-56-62(73)68(77)70-60(61(72)55-52-49-46-43-40-37-24-21-18-15-12-9-6-3)59-78-69-67(66(76)65(75)63(58-71)79-69)80-64(74)57-54-51-48-45-42-39-26-23-20-17-14-11-8-5-2/h16,19,25,27,29-30,52,55,60-63,65-67,69,71-73,75-76H,4-15,17-18,20-24,26,28,31-51,53-54,56-59H2,1-3H3,(H,70,77)/b19-16-,27-25-,30-29-,55-52+. The minimum absolute atomic E-state index is 0.128. The van der Waals surface area contributed by atoms with Crippen LogP contribution in [0.15, 0.2) is 48.6 Å². The summed E-state index contributed by atoms with van der Waals surface area (Å²) in [5.74, 6) is -1.18. The molecule has 0 aromatic heterocycles. The number of unbranched alkanes of at least 4 members (excludes halogenated alkanes) is 38. The highest BCUT2D eigenvalue weighted by Crippen LogP contribution is 2.26. The van der Waals surface area contributed by atoms with Crippen LogP contribution in [0.2, 0.25) is 0 Å². The third kappa shape index (κ3) is 44.2. The van der Waals surface area contributed by atoms with Gasteiger partial charge in [0.1, 0.15) is 24.4 Å². The van der Waals surface area contributed by atoms with E-state index >= 15 is 0 Å². The van der Waals surface area contributed by atoms with Crippen LogP contribution in [0.4, 0.5) is 0 Å². The van der Waals surface area contributed by atoms with Gasteiger partial charge in [0.15, 0.2) is 12.4 Å². The van der Waals surface area contributed by atoms with Crippen molar-refractivity contribution in [1.29, 1.82) is 0 Å². The molecule has 80 heavy (non-hydrogen) atoms. The molecule has 0 aromatic carbocycles. The molecule has 0 bridgehead atoms. The van der Waals surface area contributed by atoms with Crippen molar-refractivity contribution < 1.29 is 49.3 Å². The van der Waals surface area contributed by atoms with Gasteiger partial charge in [-0.15, -0.1) is 0 Å². The highest BCUT2D eigenvalue weighted by molar-refractivity contribution is 5.80. The quantitative estimate of drug-likeness (QED) is 0.0195. The van der Waals surface area contributed by atoms with E-state index in [1.54, 1.807) is 6.08 Å². The maximum Gasteiger partial charge on any atom is 0.306 e. The van der Waals surface area contributed by atoms with Crippen molar-refractivity contribution in [2.45, 2.75) is 365 Å². The van der Waals surface area contributed by atoms with Gasteiger partial charge >= 0.3 is 5.97 Å². The fraction of sp³-hybridized carbons (Fsp3) is 0.855. The average molecular weight is 1130 g/mol. The first-order chi connectivity index (χ1) is 39.2. The zero-order valence-electron chi connectivity index (χ0n) is 52.0. The average Bonchev–Trinajstić information content (AvgIpc) is 3.51. The molecule has 0 aromatic rings. The lowest BCUT2D eigenvalue weighted by Crippen LogP contribution is -2.61. The Morgan fingerprint density at radius 3 is 1.31 bits per heavy atom. The van der Waals surface area contributed by atoms with Gasteiger partial charge in [0, 0.05) is 6.42 Å². The van der Waals surface area contributed by atoms with Gasteiger partial charge in [0.2, 0.25) is 5.91 Å². The second-order valence-electron chi connectivity index (χ2n) is 23.6. The first-order valence-corrected chi connectivity index (χ1v) is 33.9. The third-order valence-electron chi connectivity index (χ3n) is 16.0. The van der Waals surface area contributed by atoms with E-state index in [1.807, 2.05) is 6.08 Å². The molecule has 0 aliphatic carbocycles. The number of aliphatic hydroxyl groups excluding tert-OH is 5. The van der Waals surface area contributed by atoms with Crippen molar-refractivity contribution >= 4 is 11.9 Å². The second kappa shape index (κ2) is 57.1. The van der Waals surface area contributed by atoms with E-state index in [4.69, 9.17) is 14.2 Å². The van der Waals surface area contributed by atoms with Crippen LogP contribution >= 0.6 is 0 Å². The summed E-state index contributed by atoms with van der Waals surface area (Å²) in [5, 5.41) is 57.1. The van der Waals surface area contributed by atoms with E-state index in [0.717, 1.165) is 77.0 Å². The number of amides is 1. The molecule has 8 atom stereocenters. The minimum atomic E-state index is -1.61. The van der Waals surface area contributed by atoms with Gasteiger partial charge in [-0.1, -0.05) is 294 Å². The Morgan fingerprint density at radius 1 is 0.487 bits per heavy atom. The number of rotatable bonds is 58. The first-order valence-electron chi connectivity index (χ1n) is 33.9. The van der Waals surface area contributed by atoms with Crippen molar-refractivity contribution in [3.05, 3.63) is 48.6 Å². The number of aliphatic hydroxyl groups is 5. The lowest BCUT2D eigenvalue weighted by atomic mass is 9.99. The molecule has 468 valence electrons. The van der Waals surface area contributed by atoms with Gasteiger partial charge in [-0.05, 0) is 64.2 Å². The van der Waals surface area contributed by atoms with Crippen molar-refractivity contribution in [3.63, 3.8) is 0 Å². The van der Waals surface area contributed by atoms with Crippen LogP contribution < -0.4 is 5.32 Å². The fourth-order valence-corrected chi connectivity index (χ4v) is 10.6. The Morgan fingerprint density at radius 2 is 0.863 bits per heavy atom. The van der Waals surface area contributed by atoms with Crippen molar-refractivity contribution in [1.82, 2.24) is 5.32 Å². The molecule has 6 N–H and O–H groups in total. The molecule has 11 nitrogen and oxygen atoms in total. The van der Waals surface area contributed by atoms with E-state index in [9.17, 15) is 35.1 Å². The Bertz CT molecular complexity index is 1490. The number of esters is 1. The molecule has 1 amide bonds. The number of hydrogen-bond donors (Lipinski definition) is 6. The van der Waals surface area contributed by atoms with E-state index in [2.05, 4.69) is 62.5 Å². The Kier molecular flexibility index (Phi) is 54.0. The van der Waals surface area contributed by atoms with E-state index in [1.165, 1.54) is 193 Å². The van der Waals surface area contributed by atoms with Gasteiger partial charge in [0.05, 0.1) is 25.4 Å². The normalized spacial score (nSPS) is 19.0. The SMILES string of the molecule is CCCCC/C=C\C/C=C\C/C=C\CCCCCCCCCCCCCC(O)C(=O)NC(COC1OC(CO)C(O)C(O)C1OC(=O)CCCCCCCCCCCCCCCC)C(O)/C=C/CCCCCCCCCCCCC. The van der Waals surface area contributed by atoms with Crippen LogP contribution in [0, 0.1) is 0 Å². The molecule has 0 spiro atoms. The van der Waals surface area contributed by atoms with Gasteiger partial charge in [-0.25, -0.2) is 0 Å². The predicted molar refractivity (Wildman–Crippen MR) is 334 cm³/mol. The fourth-order valence-electron chi connectivity index (χ4n) is 10.6. The van der Waals surface area contributed by atoms with Crippen LogP contribution in [0.1, 0.15) is 316 Å². The van der Waals surface area contributed by atoms with Gasteiger partial charge < -0.3 is 45.1 Å². The summed E-state index contributed by atoms with van der Waals surface area (Å²) in [5.41, 5.74) is 0. The zero-order valence-corrected chi connectivity index (χ0v) is 52.0. The summed E-state index contributed by atoms with van der Waals surface area (Å²) in [4.78, 5) is 26.6. The Labute approximate surface area is 491 Å². The summed E-state index contributed by atoms with van der Waals surface area (Å²) >= 11 is 0. The lowest BCUT2D eigenvalue weighted by Gasteiger charge is -2.41. The first kappa shape index (κ1) is 75.6. The largest absolute Gasteiger partial charge is 0.454 e. The molecule has 0 saturated carbocycles. The van der Waals surface area contributed by atoms with Crippen molar-refractivity contribution in [2.75, 3.05) is 13.2 Å². The van der Waals surface area contributed by atoms with Gasteiger partial charge in [0.25, 0.3) is 0 Å². The molecule has 8 unspecified atom stereocenters. The summed E-state index contributed by atoms with van der Waals surface area (Å²) in [6.07, 6.45) is 60.0. The molecule has 1 rings (SSSR count). The summed E-state index contributed by atoms with van der Waals surface area (Å²) in [6.45, 7) is 5.79. The maximum absolute atomic E-state index is 13.5. The molecular formula is C69H127NO10. The molecule has 1 heterocycles. The van der Waals surface area contributed by atoms with Gasteiger partial charge in [-0.3, -0.25) is 9.59 Å². The smallest absolute Gasteiger partial charge is 0.306 e. The molecule has 11 heteroatoms. The molecular weight excluding hydrogens is 1000 g/mol. The topological polar surface area (TPSA) is 175 Å². The maximum atomic E-state index is 13.5. The number of allylic oxidation sites excluding steroid dienone is 7. The molecule has 1 aliphatic rings. The zero-order chi connectivity index (χ0) is 58.2. The van der Waals surface area contributed by atoms with Gasteiger partial charge in [-0.2, -0.15) is 0 Å². The Balaban J connectivity index is 2.61. The predicted octanol–water partition coefficient (Wildman–Crippen LogP) is 16.8. The summed E-state index contributed by atoms with van der Waals surface area (Å²) < 4.78 is 17.7. The van der Waals surface area contributed by atoms with Crippen molar-refractivity contribution in [2.24, 2.45) is 0 Å². The van der Waals surface area contributed by atoms with E-state index in [0.29, 0.717) is 12.8 Å².